The summed E-state index contributed by atoms with van der Waals surface area (Å²) < 4.78 is 0. The van der Waals surface area contributed by atoms with Gasteiger partial charge in [-0.3, -0.25) is 0 Å². The van der Waals surface area contributed by atoms with Crippen LogP contribution in [0, 0.1) is 25.2 Å². The summed E-state index contributed by atoms with van der Waals surface area (Å²) in [5.41, 5.74) is 12.3. The highest BCUT2D eigenvalue weighted by molar-refractivity contribution is 5.70. The number of benzene rings is 2. The van der Waals surface area contributed by atoms with Gasteiger partial charge in [0.05, 0.1) is 12.5 Å². The Labute approximate surface area is 108 Å². The molecular formula is C16H16N2. The number of anilines is 1. The third-order valence-corrected chi connectivity index (χ3v) is 3.18. The van der Waals surface area contributed by atoms with E-state index in [1.54, 1.807) is 0 Å². The van der Waals surface area contributed by atoms with E-state index in [0.717, 1.165) is 27.9 Å². The smallest absolute Gasteiger partial charge is 0.0669 e. The van der Waals surface area contributed by atoms with Gasteiger partial charge in [-0.15, -0.1) is 0 Å². The Kier molecular flexibility index (Phi) is 3.34. The molecule has 0 aromatic heterocycles. The molecule has 0 unspecified atom stereocenters. The van der Waals surface area contributed by atoms with Gasteiger partial charge >= 0.3 is 0 Å². The molecule has 2 aromatic rings. The van der Waals surface area contributed by atoms with Crippen LogP contribution < -0.4 is 5.73 Å². The molecule has 0 spiro atoms. The first-order valence-corrected chi connectivity index (χ1v) is 5.95. The molecule has 2 aromatic carbocycles. The van der Waals surface area contributed by atoms with E-state index < -0.39 is 0 Å². The minimum atomic E-state index is 0.452. The van der Waals surface area contributed by atoms with Crippen LogP contribution in [-0.2, 0) is 6.42 Å². The van der Waals surface area contributed by atoms with Gasteiger partial charge in [0.1, 0.15) is 0 Å². The Bertz CT molecular complexity index is 621. The summed E-state index contributed by atoms with van der Waals surface area (Å²) in [6.07, 6.45) is 0.452. The quantitative estimate of drug-likeness (QED) is 0.809. The Morgan fingerprint density at radius 2 is 1.83 bits per heavy atom. The average Bonchev–Trinajstić information content (AvgIpc) is 2.33. The molecule has 0 saturated heterocycles. The van der Waals surface area contributed by atoms with Crippen LogP contribution in [0.5, 0.6) is 0 Å². The van der Waals surface area contributed by atoms with Gasteiger partial charge in [0, 0.05) is 5.69 Å². The monoisotopic (exact) mass is 236 g/mol. The van der Waals surface area contributed by atoms with E-state index in [4.69, 9.17) is 11.0 Å². The molecule has 0 fully saturated rings. The second-order valence-electron chi connectivity index (χ2n) is 4.55. The molecule has 2 rings (SSSR count). The average molecular weight is 236 g/mol. The second kappa shape index (κ2) is 4.93. The SMILES string of the molecule is Cc1ccc(-c2ccc(N)cc2C)cc1CC#N. The molecule has 0 radical (unpaired) electrons. The first-order chi connectivity index (χ1) is 8.61. The molecule has 0 aliphatic rings. The first-order valence-electron chi connectivity index (χ1n) is 5.95. The van der Waals surface area contributed by atoms with Crippen molar-refractivity contribution in [1.29, 1.82) is 5.26 Å². The third kappa shape index (κ3) is 2.36. The van der Waals surface area contributed by atoms with Crippen LogP contribution >= 0.6 is 0 Å². The standard InChI is InChI=1S/C16H16N2/c1-11-3-4-14(10-13(11)7-8-17)16-6-5-15(18)9-12(16)2/h3-6,9-10H,7,18H2,1-2H3. The molecule has 18 heavy (non-hydrogen) atoms. The molecule has 0 aliphatic heterocycles. The summed E-state index contributed by atoms with van der Waals surface area (Å²) in [5, 5.41) is 8.83. The van der Waals surface area contributed by atoms with E-state index in [1.165, 1.54) is 5.56 Å². The van der Waals surface area contributed by atoms with Gasteiger partial charge in [-0.2, -0.15) is 5.26 Å². The Morgan fingerprint density at radius 3 is 2.50 bits per heavy atom. The van der Waals surface area contributed by atoms with E-state index >= 15 is 0 Å². The minimum Gasteiger partial charge on any atom is -0.399 e. The molecule has 0 saturated carbocycles. The fourth-order valence-electron chi connectivity index (χ4n) is 2.13. The van der Waals surface area contributed by atoms with E-state index in [0.29, 0.717) is 6.42 Å². The van der Waals surface area contributed by atoms with Crippen LogP contribution in [0.1, 0.15) is 16.7 Å². The van der Waals surface area contributed by atoms with E-state index in [9.17, 15) is 0 Å². The van der Waals surface area contributed by atoms with E-state index in [-0.39, 0.29) is 0 Å². The maximum atomic E-state index is 8.83. The van der Waals surface area contributed by atoms with Gasteiger partial charge in [-0.1, -0.05) is 18.2 Å². The van der Waals surface area contributed by atoms with Gasteiger partial charge in [0.2, 0.25) is 0 Å². The number of hydrogen-bond donors (Lipinski definition) is 1. The van der Waals surface area contributed by atoms with Crippen molar-refractivity contribution in [3.05, 3.63) is 53.1 Å². The highest BCUT2D eigenvalue weighted by Gasteiger charge is 2.05. The lowest BCUT2D eigenvalue weighted by Crippen LogP contribution is -1.92. The third-order valence-electron chi connectivity index (χ3n) is 3.18. The zero-order valence-electron chi connectivity index (χ0n) is 10.7. The molecule has 2 heteroatoms. The Hall–Kier alpha value is -2.27. The summed E-state index contributed by atoms with van der Waals surface area (Å²) in [6.45, 7) is 4.09. The predicted molar refractivity (Wildman–Crippen MR) is 75.1 cm³/mol. The van der Waals surface area contributed by atoms with Crippen molar-refractivity contribution < 1.29 is 0 Å². The number of hydrogen-bond acceptors (Lipinski definition) is 2. The zero-order valence-corrected chi connectivity index (χ0v) is 10.7. The van der Waals surface area contributed by atoms with Crippen molar-refractivity contribution in [3.63, 3.8) is 0 Å². The van der Waals surface area contributed by atoms with Crippen molar-refractivity contribution in [2.75, 3.05) is 5.73 Å². The van der Waals surface area contributed by atoms with Gasteiger partial charge in [-0.05, 0) is 59.9 Å². The lowest BCUT2D eigenvalue weighted by Gasteiger charge is -2.10. The highest BCUT2D eigenvalue weighted by Crippen LogP contribution is 2.27. The normalized spacial score (nSPS) is 10.1. The van der Waals surface area contributed by atoms with Gasteiger partial charge in [0.25, 0.3) is 0 Å². The summed E-state index contributed by atoms with van der Waals surface area (Å²) in [5.74, 6) is 0. The van der Waals surface area contributed by atoms with Gasteiger partial charge in [0.15, 0.2) is 0 Å². The van der Waals surface area contributed by atoms with Crippen LogP contribution in [0.3, 0.4) is 0 Å². The molecule has 2 nitrogen and oxygen atoms in total. The van der Waals surface area contributed by atoms with Crippen molar-refractivity contribution in [3.8, 4) is 17.2 Å². The summed E-state index contributed by atoms with van der Waals surface area (Å²) in [6, 6.07) is 14.4. The van der Waals surface area contributed by atoms with Crippen LogP contribution in [0.2, 0.25) is 0 Å². The van der Waals surface area contributed by atoms with Crippen LogP contribution in [0.15, 0.2) is 36.4 Å². The number of aryl methyl sites for hydroxylation is 2. The zero-order chi connectivity index (χ0) is 13.1. The van der Waals surface area contributed by atoms with Crippen LogP contribution in [0.25, 0.3) is 11.1 Å². The number of nitrogens with two attached hydrogens (primary N) is 1. The molecule has 90 valence electrons. The summed E-state index contributed by atoms with van der Waals surface area (Å²) in [4.78, 5) is 0. The highest BCUT2D eigenvalue weighted by atomic mass is 14.5. The fourth-order valence-corrected chi connectivity index (χ4v) is 2.13. The van der Waals surface area contributed by atoms with Crippen LogP contribution in [-0.4, -0.2) is 0 Å². The van der Waals surface area contributed by atoms with E-state index in [1.807, 2.05) is 25.1 Å². The lowest BCUT2D eigenvalue weighted by atomic mass is 9.95. The van der Waals surface area contributed by atoms with Crippen molar-refractivity contribution in [1.82, 2.24) is 0 Å². The largest absolute Gasteiger partial charge is 0.399 e. The number of nitriles is 1. The minimum absolute atomic E-state index is 0.452. The molecular weight excluding hydrogens is 220 g/mol. The molecule has 0 amide bonds. The second-order valence-corrected chi connectivity index (χ2v) is 4.55. The summed E-state index contributed by atoms with van der Waals surface area (Å²) in [7, 11) is 0. The maximum Gasteiger partial charge on any atom is 0.0669 e. The van der Waals surface area contributed by atoms with Crippen molar-refractivity contribution in [2.24, 2.45) is 0 Å². The molecule has 0 aliphatic carbocycles. The van der Waals surface area contributed by atoms with Gasteiger partial charge in [-0.25, -0.2) is 0 Å². The predicted octanol–water partition coefficient (Wildman–Crippen LogP) is 3.62. The van der Waals surface area contributed by atoms with Crippen LogP contribution in [0.4, 0.5) is 5.69 Å². The van der Waals surface area contributed by atoms with Gasteiger partial charge < -0.3 is 5.73 Å². The summed E-state index contributed by atoms with van der Waals surface area (Å²) >= 11 is 0. The lowest BCUT2D eigenvalue weighted by molar-refractivity contribution is 1.21. The topological polar surface area (TPSA) is 49.8 Å². The number of nitrogen functional groups attached to an aromatic ring is 1. The molecule has 0 heterocycles. The first kappa shape index (κ1) is 12.2. The Balaban J connectivity index is 2.51. The molecule has 0 bridgehead atoms. The fraction of sp³-hybridized carbons (Fsp3) is 0.188. The number of nitrogens with zero attached hydrogens (tertiary/aromatic N) is 1. The van der Waals surface area contributed by atoms with Crippen molar-refractivity contribution in [2.45, 2.75) is 20.3 Å². The molecule has 0 atom stereocenters. The van der Waals surface area contributed by atoms with Crippen molar-refractivity contribution >= 4 is 5.69 Å². The maximum absolute atomic E-state index is 8.83. The van der Waals surface area contributed by atoms with E-state index in [2.05, 4.69) is 31.2 Å². The molecule has 2 N–H and O–H groups in total. The number of rotatable bonds is 2. The Morgan fingerprint density at radius 1 is 1.06 bits per heavy atom.